The Balaban J connectivity index is 1.60. The molecule has 0 saturated carbocycles. The summed E-state index contributed by atoms with van der Waals surface area (Å²) in [5.41, 5.74) is -1.75. The van der Waals surface area contributed by atoms with Crippen LogP contribution in [0.15, 0.2) is 30.9 Å². The normalized spacial score (nSPS) is 35.3. The van der Waals surface area contributed by atoms with E-state index in [0.717, 1.165) is 12.0 Å². The molecule has 5 heterocycles. The smallest absolute Gasteiger partial charge is 0.248 e. The fourth-order valence-electron chi connectivity index (χ4n) is 6.81. The topological polar surface area (TPSA) is 82.1 Å². The summed E-state index contributed by atoms with van der Waals surface area (Å²) < 4.78 is 6.35. The monoisotopic (exact) mass is 449 g/mol. The first-order valence-corrected chi connectivity index (χ1v) is 11.8. The van der Waals surface area contributed by atoms with Crippen molar-refractivity contribution in [2.75, 3.05) is 11.9 Å². The van der Waals surface area contributed by atoms with Gasteiger partial charge >= 0.3 is 0 Å². The molecule has 3 fully saturated rings. The Morgan fingerprint density at radius 2 is 2.00 bits per heavy atom. The highest BCUT2D eigenvalue weighted by molar-refractivity contribution is 6.00. The van der Waals surface area contributed by atoms with Gasteiger partial charge in [0.05, 0.1) is 5.69 Å². The second-order valence-corrected chi connectivity index (χ2v) is 11.2. The molecule has 7 heteroatoms. The highest BCUT2D eigenvalue weighted by atomic mass is 16.5. The van der Waals surface area contributed by atoms with Gasteiger partial charge in [0.1, 0.15) is 23.3 Å². The zero-order chi connectivity index (χ0) is 23.6. The van der Waals surface area contributed by atoms with E-state index < -0.39 is 34.4 Å². The van der Waals surface area contributed by atoms with Crippen LogP contribution in [0.3, 0.4) is 0 Å². The molecule has 4 atom stereocenters. The van der Waals surface area contributed by atoms with Crippen LogP contribution in [0, 0.1) is 5.41 Å². The molecule has 1 aromatic rings. The highest BCUT2D eigenvalue weighted by Crippen LogP contribution is 2.65. The van der Waals surface area contributed by atoms with Crippen LogP contribution < -0.4 is 10.1 Å². The van der Waals surface area contributed by atoms with E-state index in [4.69, 9.17) is 4.74 Å². The maximum Gasteiger partial charge on any atom is 0.248 e. The van der Waals surface area contributed by atoms with Gasteiger partial charge in [-0.2, -0.15) is 0 Å². The first-order chi connectivity index (χ1) is 15.5. The molecule has 0 bridgehead atoms. The minimum absolute atomic E-state index is 0.0687. The van der Waals surface area contributed by atoms with Gasteiger partial charge in [-0.25, -0.2) is 0 Å². The number of nitrogens with zero attached hydrogens (tertiary/aromatic N) is 2. The molecular weight excluding hydrogens is 418 g/mol. The summed E-state index contributed by atoms with van der Waals surface area (Å²) in [5, 5.41) is 16.1. The van der Waals surface area contributed by atoms with Gasteiger partial charge in [-0.05, 0) is 32.8 Å². The van der Waals surface area contributed by atoms with Crippen LogP contribution in [0.25, 0.3) is 6.08 Å². The fraction of sp³-hybridized carbons (Fsp3) is 0.538. The van der Waals surface area contributed by atoms with Crippen LogP contribution in [0.1, 0.15) is 58.1 Å². The maximum absolute atomic E-state index is 13.9. The molecule has 2 amide bonds. The average Bonchev–Trinajstić information content (AvgIpc) is 3.41. The third kappa shape index (κ3) is 2.24. The number of nitrogens with one attached hydrogen (secondary N) is 1. The Labute approximate surface area is 194 Å². The SMILES string of the molecule is C=CC(C)(C)[C@@]12Nc3c(ccc4c3OC(C)(C)C=C4)[C@@]1(O)C[C@@H]1C(=O)N3CCC[C@@H]3C(=O)N12. The van der Waals surface area contributed by atoms with Gasteiger partial charge in [-0.15, -0.1) is 6.58 Å². The number of hydrogen-bond donors (Lipinski definition) is 2. The number of hydrogen-bond acceptors (Lipinski definition) is 5. The number of ether oxygens (including phenoxy) is 1. The number of rotatable bonds is 2. The van der Waals surface area contributed by atoms with Crippen molar-refractivity contribution in [3.05, 3.63) is 42.0 Å². The molecule has 1 aromatic carbocycles. The number of piperazine rings is 1. The Kier molecular flexibility index (Phi) is 3.78. The first-order valence-electron chi connectivity index (χ1n) is 11.8. The summed E-state index contributed by atoms with van der Waals surface area (Å²) in [6, 6.07) is 2.66. The summed E-state index contributed by atoms with van der Waals surface area (Å²) in [6.45, 7) is 12.5. The molecule has 3 saturated heterocycles. The Morgan fingerprint density at radius 1 is 1.24 bits per heavy atom. The van der Waals surface area contributed by atoms with Crippen LogP contribution in [0.2, 0.25) is 0 Å². The number of anilines is 1. The number of fused-ring (bicyclic) bond motifs is 8. The van der Waals surface area contributed by atoms with Gasteiger partial charge in [0.2, 0.25) is 11.8 Å². The minimum atomic E-state index is -1.49. The molecule has 2 N–H and O–H groups in total. The molecule has 0 aliphatic carbocycles. The summed E-state index contributed by atoms with van der Waals surface area (Å²) in [4.78, 5) is 30.8. The molecule has 7 nitrogen and oxygen atoms in total. The summed E-state index contributed by atoms with van der Waals surface area (Å²) in [7, 11) is 0. The van der Waals surface area contributed by atoms with E-state index in [1.807, 2.05) is 52.0 Å². The standard InChI is InChI=1S/C26H31N3O4/c1-6-23(2,3)26-25(32,14-18-21(30)28-13-7-8-17(28)22(31)29(18)26)16-10-9-15-11-12-24(4,5)33-20(15)19(16)27-26/h6,9-12,17-18,27,32H,1,7-8,13-14H2,2-5H3/t17-,18-,25+,26+/m1/s1. The zero-order valence-corrected chi connectivity index (χ0v) is 19.6. The summed E-state index contributed by atoms with van der Waals surface area (Å²) in [6.07, 6.45) is 7.42. The predicted octanol–water partition coefficient (Wildman–Crippen LogP) is 3.00. The molecule has 33 heavy (non-hydrogen) atoms. The first kappa shape index (κ1) is 20.8. The van der Waals surface area contributed by atoms with Crippen LogP contribution >= 0.6 is 0 Å². The number of aliphatic hydroxyl groups is 1. The lowest BCUT2D eigenvalue weighted by Gasteiger charge is -2.54. The summed E-state index contributed by atoms with van der Waals surface area (Å²) in [5.74, 6) is 0.496. The molecule has 0 radical (unpaired) electrons. The van der Waals surface area contributed by atoms with Crippen LogP contribution in [0.4, 0.5) is 5.69 Å². The lowest BCUT2D eigenvalue weighted by molar-refractivity contribution is -0.169. The lowest BCUT2D eigenvalue weighted by Crippen LogP contribution is -2.73. The van der Waals surface area contributed by atoms with Crippen molar-refractivity contribution in [3.63, 3.8) is 0 Å². The Morgan fingerprint density at radius 3 is 2.73 bits per heavy atom. The van der Waals surface area contributed by atoms with Gasteiger partial charge in [-0.3, -0.25) is 9.59 Å². The van der Waals surface area contributed by atoms with Gasteiger partial charge in [-0.1, -0.05) is 38.1 Å². The predicted molar refractivity (Wildman–Crippen MR) is 124 cm³/mol. The minimum Gasteiger partial charge on any atom is -0.481 e. The van der Waals surface area contributed by atoms with Gasteiger partial charge in [0.25, 0.3) is 0 Å². The van der Waals surface area contributed by atoms with Crippen molar-refractivity contribution in [2.24, 2.45) is 5.41 Å². The van der Waals surface area contributed by atoms with E-state index in [1.54, 1.807) is 15.9 Å². The van der Waals surface area contributed by atoms with E-state index in [9.17, 15) is 14.7 Å². The number of amides is 2. The Bertz CT molecular complexity index is 1150. The van der Waals surface area contributed by atoms with Crippen molar-refractivity contribution in [1.82, 2.24) is 9.80 Å². The lowest BCUT2D eigenvalue weighted by atomic mass is 9.68. The van der Waals surface area contributed by atoms with E-state index in [-0.39, 0.29) is 18.2 Å². The van der Waals surface area contributed by atoms with Crippen molar-refractivity contribution < 1.29 is 19.4 Å². The van der Waals surface area contributed by atoms with Gasteiger partial charge in [0, 0.05) is 29.5 Å². The molecule has 6 rings (SSSR count). The van der Waals surface area contributed by atoms with E-state index in [2.05, 4.69) is 11.9 Å². The van der Waals surface area contributed by atoms with Crippen LogP contribution in [0.5, 0.6) is 5.75 Å². The van der Waals surface area contributed by atoms with E-state index >= 15 is 0 Å². The number of carbonyl (C=O) groups excluding carboxylic acids is 2. The van der Waals surface area contributed by atoms with Crippen molar-refractivity contribution in [3.8, 4) is 5.75 Å². The zero-order valence-electron chi connectivity index (χ0n) is 19.6. The maximum atomic E-state index is 13.9. The van der Waals surface area contributed by atoms with Gasteiger partial charge < -0.3 is 25.0 Å². The fourth-order valence-corrected chi connectivity index (χ4v) is 6.81. The Hall–Kier alpha value is -2.80. The molecule has 174 valence electrons. The molecular formula is C26H31N3O4. The molecule has 5 aliphatic rings. The summed E-state index contributed by atoms with van der Waals surface area (Å²) >= 11 is 0. The highest BCUT2D eigenvalue weighted by Gasteiger charge is 2.76. The van der Waals surface area contributed by atoms with Gasteiger partial charge in [0.15, 0.2) is 11.4 Å². The largest absolute Gasteiger partial charge is 0.481 e. The van der Waals surface area contributed by atoms with Crippen LogP contribution in [-0.2, 0) is 15.2 Å². The number of benzene rings is 1. The third-order valence-electron chi connectivity index (χ3n) is 8.52. The molecule has 5 aliphatic heterocycles. The van der Waals surface area contributed by atoms with E-state index in [0.29, 0.717) is 30.0 Å². The second-order valence-electron chi connectivity index (χ2n) is 11.2. The average molecular weight is 450 g/mol. The second kappa shape index (κ2) is 6.00. The third-order valence-corrected chi connectivity index (χ3v) is 8.52. The van der Waals surface area contributed by atoms with E-state index in [1.165, 1.54) is 0 Å². The van der Waals surface area contributed by atoms with Crippen molar-refractivity contribution >= 4 is 23.6 Å². The molecule has 0 unspecified atom stereocenters. The quantitative estimate of drug-likeness (QED) is 0.679. The number of carbonyl (C=O) groups is 2. The van der Waals surface area contributed by atoms with Crippen LogP contribution in [-0.4, -0.2) is 56.6 Å². The van der Waals surface area contributed by atoms with Crippen molar-refractivity contribution in [1.29, 1.82) is 0 Å². The van der Waals surface area contributed by atoms with Crippen molar-refractivity contribution in [2.45, 2.75) is 75.9 Å². The molecule has 0 aromatic heterocycles. The molecule has 0 spiro atoms.